The quantitative estimate of drug-likeness (QED) is 0.885. The van der Waals surface area contributed by atoms with E-state index in [1.54, 1.807) is 30.3 Å². The first kappa shape index (κ1) is 14.9. The second-order valence-electron chi connectivity index (χ2n) is 4.47. The van der Waals surface area contributed by atoms with Crippen LogP contribution in [0.5, 0.6) is 11.5 Å². The monoisotopic (exact) mass is 283 g/mol. The molecule has 108 valence electrons. The Morgan fingerprint density at radius 3 is 2.62 bits per heavy atom. The van der Waals surface area contributed by atoms with Crippen LogP contribution in [0.3, 0.4) is 0 Å². The van der Waals surface area contributed by atoms with Gasteiger partial charge in [-0.15, -0.1) is 0 Å². The van der Waals surface area contributed by atoms with Gasteiger partial charge in [0.25, 0.3) is 0 Å². The Balaban J connectivity index is 2.13. The molecule has 0 heterocycles. The highest BCUT2D eigenvalue weighted by molar-refractivity contribution is 5.43. The molecule has 21 heavy (non-hydrogen) atoms. The minimum atomic E-state index is -0.0371. The molecule has 0 aliphatic rings. The largest absolute Gasteiger partial charge is 0.490 e. The Hall–Kier alpha value is -2.51. The summed E-state index contributed by atoms with van der Waals surface area (Å²) in [6.45, 7) is 2.74. The highest BCUT2D eigenvalue weighted by Crippen LogP contribution is 2.29. The fraction of sp³-hybridized carbons (Fsp3) is 0.235. The number of benzene rings is 2. The molecule has 1 N–H and O–H groups in total. The van der Waals surface area contributed by atoms with Crippen molar-refractivity contribution < 1.29 is 14.6 Å². The molecule has 0 atom stereocenters. The summed E-state index contributed by atoms with van der Waals surface area (Å²) in [4.78, 5) is 0. The lowest BCUT2D eigenvalue weighted by molar-refractivity contribution is 0.264. The number of nitrogens with zero attached hydrogens (tertiary/aromatic N) is 1. The zero-order chi connectivity index (χ0) is 15.1. The average molecular weight is 283 g/mol. The molecular formula is C17H17NO3. The first-order valence-electron chi connectivity index (χ1n) is 6.75. The van der Waals surface area contributed by atoms with Gasteiger partial charge in [0, 0.05) is 0 Å². The van der Waals surface area contributed by atoms with Crippen LogP contribution in [0, 0.1) is 11.3 Å². The molecule has 0 aliphatic heterocycles. The van der Waals surface area contributed by atoms with Crippen LogP contribution in [0.4, 0.5) is 0 Å². The third kappa shape index (κ3) is 3.98. The SMILES string of the molecule is CCOc1cc(CO)ccc1OCc1cccc(C#N)c1. The normalized spacial score (nSPS) is 9.95. The van der Waals surface area contributed by atoms with E-state index in [1.807, 2.05) is 19.1 Å². The lowest BCUT2D eigenvalue weighted by atomic mass is 10.1. The average Bonchev–Trinajstić information content (AvgIpc) is 2.54. The Morgan fingerprint density at radius 2 is 1.90 bits per heavy atom. The van der Waals surface area contributed by atoms with Gasteiger partial charge in [0.2, 0.25) is 0 Å². The zero-order valence-corrected chi connectivity index (χ0v) is 11.9. The Bertz CT molecular complexity index is 647. The van der Waals surface area contributed by atoms with Gasteiger partial charge in [-0.3, -0.25) is 0 Å². The van der Waals surface area contributed by atoms with Gasteiger partial charge in [-0.1, -0.05) is 18.2 Å². The zero-order valence-electron chi connectivity index (χ0n) is 11.9. The van der Waals surface area contributed by atoms with Crippen molar-refractivity contribution in [2.24, 2.45) is 0 Å². The van der Waals surface area contributed by atoms with E-state index in [0.29, 0.717) is 30.3 Å². The third-order valence-electron chi connectivity index (χ3n) is 2.94. The molecule has 0 bridgehead atoms. The van der Waals surface area contributed by atoms with E-state index in [4.69, 9.17) is 19.8 Å². The van der Waals surface area contributed by atoms with E-state index in [0.717, 1.165) is 11.1 Å². The number of ether oxygens (including phenoxy) is 2. The lowest BCUT2D eigenvalue weighted by Crippen LogP contribution is -2.00. The van der Waals surface area contributed by atoms with E-state index >= 15 is 0 Å². The predicted octanol–water partition coefficient (Wildman–Crippen LogP) is 3.03. The molecule has 0 amide bonds. The molecule has 0 aromatic heterocycles. The van der Waals surface area contributed by atoms with Crippen LogP contribution in [-0.2, 0) is 13.2 Å². The molecule has 0 radical (unpaired) electrons. The molecule has 0 fully saturated rings. The molecule has 0 saturated carbocycles. The summed E-state index contributed by atoms with van der Waals surface area (Å²) in [7, 11) is 0. The highest BCUT2D eigenvalue weighted by atomic mass is 16.5. The molecule has 0 spiro atoms. The van der Waals surface area contributed by atoms with Gasteiger partial charge in [-0.2, -0.15) is 5.26 Å². The second-order valence-corrected chi connectivity index (χ2v) is 4.47. The van der Waals surface area contributed by atoms with E-state index in [-0.39, 0.29) is 6.61 Å². The van der Waals surface area contributed by atoms with Gasteiger partial charge in [0.15, 0.2) is 11.5 Å². The Morgan fingerprint density at radius 1 is 1.05 bits per heavy atom. The van der Waals surface area contributed by atoms with E-state index in [9.17, 15) is 0 Å². The number of nitriles is 1. The van der Waals surface area contributed by atoms with Crippen LogP contribution >= 0.6 is 0 Å². The Kier molecular flexibility index (Phi) is 5.19. The van der Waals surface area contributed by atoms with Crippen molar-refractivity contribution in [3.63, 3.8) is 0 Å². The van der Waals surface area contributed by atoms with E-state index < -0.39 is 0 Å². The fourth-order valence-electron chi connectivity index (χ4n) is 1.93. The summed E-state index contributed by atoms with van der Waals surface area (Å²) in [6.07, 6.45) is 0. The molecule has 0 saturated heterocycles. The van der Waals surface area contributed by atoms with Gasteiger partial charge >= 0.3 is 0 Å². The molecule has 2 aromatic rings. The summed E-state index contributed by atoms with van der Waals surface area (Å²) in [5.74, 6) is 1.23. The predicted molar refractivity (Wildman–Crippen MR) is 79.0 cm³/mol. The van der Waals surface area contributed by atoms with Crippen LogP contribution in [0.15, 0.2) is 42.5 Å². The standard InChI is InChI=1S/C17H17NO3/c1-2-20-17-9-14(11-19)6-7-16(17)21-12-15-5-3-4-13(8-15)10-18/h3-9,19H,2,11-12H2,1H3. The molecule has 4 nitrogen and oxygen atoms in total. The molecular weight excluding hydrogens is 266 g/mol. The van der Waals surface area contributed by atoms with Crippen molar-refractivity contribution in [3.05, 3.63) is 59.2 Å². The maximum absolute atomic E-state index is 9.16. The second kappa shape index (κ2) is 7.32. The molecule has 0 unspecified atom stereocenters. The fourth-order valence-corrected chi connectivity index (χ4v) is 1.93. The smallest absolute Gasteiger partial charge is 0.161 e. The number of hydrogen-bond donors (Lipinski definition) is 1. The lowest BCUT2D eigenvalue weighted by Gasteiger charge is -2.13. The van der Waals surface area contributed by atoms with Crippen LogP contribution in [-0.4, -0.2) is 11.7 Å². The van der Waals surface area contributed by atoms with Gasteiger partial charge in [0.1, 0.15) is 6.61 Å². The third-order valence-corrected chi connectivity index (χ3v) is 2.94. The maximum atomic E-state index is 9.16. The topological polar surface area (TPSA) is 62.5 Å². The van der Waals surface area contributed by atoms with Crippen molar-refractivity contribution in [1.82, 2.24) is 0 Å². The van der Waals surface area contributed by atoms with Crippen LogP contribution in [0.25, 0.3) is 0 Å². The van der Waals surface area contributed by atoms with Gasteiger partial charge < -0.3 is 14.6 Å². The summed E-state index contributed by atoms with van der Waals surface area (Å²) in [5, 5.41) is 18.0. The van der Waals surface area contributed by atoms with Crippen molar-refractivity contribution in [2.75, 3.05) is 6.61 Å². The molecule has 4 heteroatoms. The summed E-state index contributed by atoms with van der Waals surface area (Å²) in [6, 6.07) is 14.7. The van der Waals surface area contributed by atoms with Gasteiger partial charge in [0.05, 0.1) is 24.8 Å². The van der Waals surface area contributed by atoms with E-state index in [1.165, 1.54) is 0 Å². The van der Waals surface area contributed by atoms with Crippen molar-refractivity contribution in [1.29, 1.82) is 5.26 Å². The van der Waals surface area contributed by atoms with E-state index in [2.05, 4.69) is 6.07 Å². The first-order valence-corrected chi connectivity index (χ1v) is 6.75. The molecule has 0 aliphatic carbocycles. The van der Waals surface area contributed by atoms with Gasteiger partial charge in [-0.25, -0.2) is 0 Å². The minimum absolute atomic E-state index is 0.0371. The van der Waals surface area contributed by atoms with Crippen LogP contribution < -0.4 is 9.47 Å². The molecule has 2 aromatic carbocycles. The van der Waals surface area contributed by atoms with Crippen LogP contribution in [0.2, 0.25) is 0 Å². The number of aliphatic hydroxyl groups is 1. The first-order chi connectivity index (χ1) is 10.3. The number of rotatable bonds is 6. The number of aliphatic hydroxyl groups excluding tert-OH is 1. The van der Waals surface area contributed by atoms with Crippen molar-refractivity contribution in [3.8, 4) is 17.6 Å². The van der Waals surface area contributed by atoms with Crippen molar-refractivity contribution >= 4 is 0 Å². The van der Waals surface area contributed by atoms with Crippen LogP contribution in [0.1, 0.15) is 23.6 Å². The highest BCUT2D eigenvalue weighted by Gasteiger charge is 2.07. The van der Waals surface area contributed by atoms with Crippen molar-refractivity contribution in [2.45, 2.75) is 20.1 Å². The molecule has 2 rings (SSSR count). The summed E-state index contributed by atoms with van der Waals surface area (Å²) in [5.41, 5.74) is 2.30. The summed E-state index contributed by atoms with van der Waals surface area (Å²) >= 11 is 0. The minimum Gasteiger partial charge on any atom is -0.490 e. The number of hydrogen-bond acceptors (Lipinski definition) is 4. The maximum Gasteiger partial charge on any atom is 0.161 e. The summed E-state index contributed by atoms with van der Waals surface area (Å²) < 4.78 is 11.3. The van der Waals surface area contributed by atoms with Gasteiger partial charge in [-0.05, 0) is 42.3 Å². The Labute approximate surface area is 124 Å².